The fourth-order valence-corrected chi connectivity index (χ4v) is 1.86. The highest BCUT2D eigenvalue weighted by Crippen LogP contribution is 2.35. The molecule has 1 fully saturated rings. The first-order valence-corrected chi connectivity index (χ1v) is 5.42. The average molecular weight is 211 g/mol. The second kappa shape index (κ2) is 4.17. The third kappa shape index (κ3) is 2.46. The molecule has 1 unspecified atom stereocenters. The second-order valence-corrected chi connectivity index (χ2v) is 4.12. The van der Waals surface area contributed by atoms with Crippen molar-refractivity contribution in [2.24, 2.45) is 5.92 Å². The van der Waals surface area contributed by atoms with Crippen LogP contribution in [-0.4, -0.2) is 6.04 Å². The molecule has 3 heteroatoms. The van der Waals surface area contributed by atoms with Crippen molar-refractivity contribution in [3.8, 4) is 0 Å². The van der Waals surface area contributed by atoms with Crippen LogP contribution in [0.3, 0.4) is 0 Å². The molecule has 82 valence electrons. The molecular weight excluding hydrogens is 196 g/mol. The molecule has 1 aliphatic rings. The van der Waals surface area contributed by atoms with Crippen LogP contribution in [0.15, 0.2) is 18.2 Å². The summed E-state index contributed by atoms with van der Waals surface area (Å²) in [6.07, 6.45) is 3.41. The minimum atomic E-state index is -0.530. The molecule has 1 N–H and O–H groups in total. The molecule has 0 amide bonds. The Hall–Kier alpha value is -1.12. The molecule has 1 aromatic carbocycles. The van der Waals surface area contributed by atoms with Crippen molar-refractivity contribution in [1.29, 1.82) is 0 Å². The van der Waals surface area contributed by atoms with Gasteiger partial charge < -0.3 is 5.32 Å². The van der Waals surface area contributed by atoms with Crippen LogP contribution in [0.5, 0.6) is 0 Å². The molecule has 0 spiro atoms. The summed E-state index contributed by atoms with van der Waals surface area (Å²) in [4.78, 5) is 0. The van der Waals surface area contributed by atoms with E-state index >= 15 is 0 Å². The van der Waals surface area contributed by atoms with Gasteiger partial charge in [0.2, 0.25) is 0 Å². The second-order valence-electron chi connectivity index (χ2n) is 4.12. The van der Waals surface area contributed by atoms with Crippen LogP contribution in [-0.2, 0) is 0 Å². The van der Waals surface area contributed by atoms with Gasteiger partial charge >= 0.3 is 0 Å². The first kappa shape index (κ1) is 10.4. The summed E-state index contributed by atoms with van der Waals surface area (Å²) in [7, 11) is 0. The number of rotatable bonds is 4. The van der Waals surface area contributed by atoms with Gasteiger partial charge in [-0.2, -0.15) is 0 Å². The van der Waals surface area contributed by atoms with Gasteiger partial charge in [0.25, 0.3) is 0 Å². The zero-order valence-electron chi connectivity index (χ0n) is 8.76. The molecule has 15 heavy (non-hydrogen) atoms. The summed E-state index contributed by atoms with van der Waals surface area (Å²) in [6, 6.07) is 3.99. The molecule has 0 heterocycles. The quantitative estimate of drug-likeness (QED) is 0.802. The molecule has 2 rings (SSSR count). The number of halogens is 2. The normalized spacial score (nSPS) is 17.5. The van der Waals surface area contributed by atoms with Gasteiger partial charge in [-0.15, -0.1) is 0 Å². The molecule has 0 bridgehead atoms. The van der Waals surface area contributed by atoms with Gasteiger partial charge in [-0.05, 0) is 37.3 Å². The summed E-state index contributed by atoms with van der Waals surface area (Å²) >= 11 is 0. The van der Waals surface area contributed by atoms with Crippen LogP contribution in [0.2, 0.25) is 0 Å². The molecule has 1 atom stereocenters. The SMILES string of the molecule is CCC(Nc1ccc(F)cc1F)C1CC1. The fraction of sp³-hybridized carbons (Fsp3) is 0.500. The predicted molar refractivity (Wildman–Crippen MR) is 56.8 cm³/mol. The van der Waals surface area contributed by atoms with Gasteiger partial charge in [-0.25, -0.2) is 8.78 Å². The van der Waals surface area contributed by atoms with Crippen LogP contribution in [0.4, 0.5) is 14.5 Å². The molecule has 0 saturated heterocycles. The number of hydrogen-bond donors (Lipinski definition) is 1. The Morgan fingerprint density at radius 3 is 2.67 bits per heavy atom. The van der Waals surface area contributed by atoms with Crippen molar-refractivity contribution in [3.05, 3.63) is 29.8 Å². The van der Waals surface area contributed by atoms with Crippen molar-refractivity contribution >= 4 is 5.69 Å². The van der Waals surface area contributed by atoms with E-state index in [1.54, 1.807) is 0 Å². The summed E-state index contributed by atoms with van der Waals surface area (Å²) in [5.74, 6) is -0.369. The maximum absolute atomic E-state index is 13.3. The number of anilines is 1. The Kier molecular flexibility index (Phi) is 2.89. The zero-order chi connectivity index (χ0) is 10.8. The molecule has 1 saturated carbocycles. The van der Waals surface area contributed by atoms with Gasteiger partial charge in [0.1, 0.15) is 11.6 Å². The molecule has 0 radical (unpaired) electrons. The topological polar surface area (TPSA) is 12.0 Å². The lowest BCUT2D eigenvalue weighted by Gasteiger charge is -2.17. The Labute approximate surface area is 88.5 Å². The average Bonchev–Trinajstić information content (AvgIpc) is 3.00. The van der Waals surface area contributed by atoms with E-state index in [4.69, 9.17) is 0 Å². The Balaban J connectivity index is 2.08. The molecule has 0 aliphatic heterocycles. The fourth-order valence-electron chi connectivity index (χ4n) is 1.86. The van der Waals surface area contributed by atoms with Crippen LogP contribution in [0, 0.1) is 17.6 Å². The lowest BCUT2D eigenvalue weighted by atomic mass is 10.1. The molecule has 1 nitrogen and oxygen atoms in total. The van der Waals surface area contributed by atoms with Crippen molar-refractivity contribution < 1.29 is 8.78 Å². The van der Waals surface area contributed by atoms with E-state index in [0.717, 1.165) is 12.5 Å². The largest absolute Gasteiger partial charge is 0.380 e. The summed E-state index contributed by atoms with van der Waals surface area (Å²) < 4.78 is 26.0. The molecule has 1 aromatic rings. The minimum Gasteiger partial charge on any atom is -0.380 e. The molecule has 0 aromatic heterocycles. The van der Waals surface area contributed by atoms with E-state index < -0.39 is 11.6 Å². The summed E-state index contributed by atoms with van der Waals surface area (Å²) in [5.41, 5.74) is 0.412. The molecule has 1 aliphatic carbocycles. The van der Waals surface area contributed by atoms with Crippen LogP contribution in [0.25, 0.3) is 0 Å². The minimum absolute atomic E-state index is 0.324. The smallest absolute Gasteiger partial charge is 0.149 e. The van der Waals surface area contributed by atoms with E-state index in [9.17, 15) is 8.78 Å². The zero-order valence-corrected chi connectivity index (χ0v) is 8.76. The first-order chi connectivity index (χ1) is 7.20. The summed E-state index contributed by atoms with van der Waals surface area (Å²) in [5, 5.41) is 3.14. The highest BCUT2D eigenvalue weighted by Gasteiger charge is 2.30. The van der Waals surface area contributed by atoms with E-state index in [-0.39, 0.29) is 0 Å². The van der Waals surface area contributed by atoms with Crippen LogP contribution >= 0.6 is 0 Å². The first-order valence-electron chi connectivity index (χ1n) is 5.42. The van der Waals surface area contributed by atoms with Crippen molar-refractivity contribution in [2.75, 3.05) is 5.32 Å². The van der Waals surface area contributed by atoms with E-state index in [2.05, 4.69) is 12.2 Å². The van der Waals surface area contributed by atoms with E-state index in [1.807, 2.05) is 0 Å². The highest BCUT2D eigenvalue weighted by atomic mass is 19.1. The van der Waals surface area contributed by atoms with Crippen molar-refractivity contribution in [3.63, 3.8) is 0 Å². The Morgan fingerprint density at radius 2 is 2.13 bits per heavy atom. The lowest BCUT2D eigenvalue weighted by molar-refractivity contribution is 0.573. The van der Waals surface area contributed by atoms with Crippen molar-refractivity contribution in [1.82, 2.24) is 0 Å². The summed E-state index contributed by atoms with van der Waals surface area (Å²) in [6.45, 7) is 2.08. The molecular formula is C12H15F2N. The number of nitrogens with one attached hydrogen (secondary N) is 1. The predicted octanol–water partition coefficient (Wildman–Crippen LogP) is 3.57. The van der Waals surface area contributed by atoms with Crippen LogP contribution in [0.1, 0.15) is 26.2 Å². The van der Waals surface area contributed by atoms with Gasteiger partial charge in [0, 0.05) is 12.1 Å². The monoisotopic (exact) mass is 211 g/mol. The van der Waals surface area contributed by atoms with E-state index in [1.165, 1.54) is 25.0 Å². The van der Waals surface area contributed by atoms with Crippen LogP contribution < -0.4 is 5.32 Å². The van der Waals surface area contributed by atoms with Gasteiger partial charge in [-0.3, -0.25) is 0 Å². The standard InChI is InChI=1S/C12H15F2N/c1-2-11(8-3-4-8)15-12-6-5-9(13)7-10(12)14/h5-8,11,15H,2-4H2,1H3. The lowest BCUT2D eigenvalue weighted by Crippen LogP contribution is -2.21. The number of benzene rings is 1. The Bertz CT molecular complexity index is 347. The third-order valence-electron chi connectivity index (χ3n) is 2.90. The van der Waals surface area contributed by atoms with E-state index in [0.29, 0.717) is 17.6 Å². The third-order valence-corrected chi connectivity index (χ3v) is 2.90. The van der Waals surface area contributed by atoms with Gasteiger partial charge in [-0.1, -0.05) is 6.92 Å². The maximum Gasteiger partial charge on any atom is 0.149 e. The van der Waals surface area contributed by atoms with Crippen molar-refractivity contribution in [2.45, 2.75) is 32.2 Å². The van der Waals surface area contributed by atoms with Gasteiger partial charge in [0.15, 0.2) is 0 Å². The number of hydrogen-bond acceptors (Lipinski definition) is 1. The van der Waals surface area contributed by atoms with Gasteiger partial charge in [0.05, 0.1) is 5.69 Å². The Morgan fingerprint density at radius 1 is 1.40 bits per heavy atom. The highest BCUT2D eigenvalue weighted by molar-refractivity contribution is 5.45. The maximum atomic E-state index is 13.3.